The zero-order chi connectivity index (χ0) is 11.7. The van der Waals surface area contributed by atoms with Crippen molar-refractivity contribution in [3.63, 3.8) is 0 Å². The van der Waals surface area contributed by atoms with Gasteiger partial charge in [0.15, 0.2) is 5.65 Å². The van der Waals surface area contributed by atoms with Crippen LogP contribution in [0, 0.1) is 0 Å². The van der Waals surface area contributed by atoms with E-state index in [9.17, 15) is 0 Å². The van der Waals surface area contributed by atoms with Crippen molar-refractivity contribution in [1.82, 2.24) is 24.6 Å². The Balaban J connectivity index is 2.06. The van der Waals surface area contributed by atoms with Crippen molar-refractivity contribution < 1.29 is 0 Å². The van der Waals surface area contributed by atoms with E-state index in [2.05, 4.69) is 20.2 Å². The molecule has 0 aliphatic carbocycles. The summed E-state index contributed by atoms with van der Waals surface area (Å²) in [6.07, 6.45) is 6.81. The molecular weight excluding hydrogens is 236 g/mol. The van der Waals surface area contributed by atoms with E-state index in [-0.39, 0.29) is 0 Å². The van der Waals surface area contributed by atoms with Crippen molar-refractivity contribution in [3.05, 3.63) is 37.1 Å². The van der Waals surface area contributed by atoms with E-state index < -0.39 is 0 Å². The summed E-state index contributed by atoms with van der Waals surface area (Å²) in [6.45, 7) is 0. The van der Waals surface area contributed by atoms with Gasteiger partial charge in [-0.2, -0.15) is 0 Å². The predicted octanol–water partition coefficient (Wildman–Crippen LogP) is 1.25. The van der Waals surface area contributed by atoms with Crippen LogP contribution in [0.4, 0.5) is 5.69 Å². The summed E-state index contributed by atoms with van der Waals surface area (Å²) < 4.78 is 1.80. The van der Waals surface area contributed by atoms with Gasteiger partial charge in [0.25, 0.3) is 0 Å². The lowest BCUT2D eigenvalue weighted by atomic mass is 10.4. The van der Waals surface area contributed by atoms with Crippen LogP contribution in [0.2, 0.25) is 0 Å². The minimum Gasteiger partial charge on any atom is -0.397 e. The van der Waals surface area contributed by atoms with Crippen molar-refractivity contribution in [1.29, 1.82) is 0 Å². The van der Waals surface area contributed by atoms with Crippen molar-refractivity contribution >= 4 is 23.1 Å². The smallest absolute Gasteiger partial charge is 0.193 e. The monoisotopic (exact) mass is 244 g/mol. The molecule has 0 atom stereocenters. The van der Waals surface area contributed by atoms with Gasteiger partial charge in [-0.3, -0.25) is 4.40 Å². The van der Waals surface area contributed by atoms with Crippen LogP contribution >= 0.6 is 11.8 Å². The topological polar surface area (TPSA) is 82.0 Å². The molecule has 0 fully saturated rings. The summed E-state index contributed by atoms with van der Waals surface area (Å²) in [4.78, 5) is 8.46. The molecule has 2 N–H and O–H groups in total. The minimum absolute atomic E-state index is 0.626. The highest BCUT2D eigenvalue weighted by Crippen LogP contribution is 2.30. The van der Waals surface area contributed by atoms with E-state index in [1.54, 1.807) is 41.5 Å². The molecule has 6 nitrogen and oxygen atoms in total. The molecule has 17 heavy (non-hydrogen) atoms. The van der Waals surface area contributed by atoms with Gasteiger partial charge < -0.3 is 5.73 Å². The Hall–Kier alpha value is -2.15. The van der Waals surface area contributed by atoms with E-state index in [4.69, 9.17) is 5.73 Å². The lowest BCUT2D eigenvalue weighted by molar-refractivity contribution is 1.02. The first kappa shape index (κ1) is 10.0. The van der Waals surface area contributed by atoms with Gasteiger partial charge in [-0.1, -0.05) is 0 Å². The Morgan fingerprint density at radius 3 is 2.94 bits per heavy atom. The van der Waals surface area contributed by atoms with Crippen LogP contribution in [0.3, 0.4) is 0 Å². The molecular formula is C10H8N6S. The quantitative estimate of drug-likeness (QED) is 0.730. The zero-order valence-corrected chi connectivity index (χ0v) is 9.50. The number of nitrogens with two attached hydrogens (primary N) is 1. The Bertz CT molecular complexity index is 664. The molecule has 0 saturated heterocycles. The number of pyridine rings is 1. The summed E-state index contributed by atoms with van der Waals surface area (Å²) in [5.41, 5.74) is 7.16. The summed E-state index contributed by atoms with van der Waals surface area (Å²) in [7, 11) is 0. The molecule has 0 aromatic carbocycles. The number of rotatable bonds is 2. The van der Waals surface area contributed by atoms with E-state index in [1.165, 1.54) is 11.8 Å². The molecule has 7 heteroatoms. The van der Waals surface area contributed by atoms with Crippen LogP contribution in [-0.2, 0) is 0 Å². The van der Waals surface area contributed by atoms with Gasteiger partial charge >= 0.3 is 0 Å². The van der Waals surface area contributed by atoms with Gasteiger partial charge in [0.1, 0.15) is 16.4 Å². The van der Waals surface area contributed by atoms with Crippen LogP contribution in [0.15, 0.2) is 47.1 Å². The highest BCUT2D eigenvalue weighted by Gasteiger charge is 2.09. The number of nitrogen functional groups attached to an aromatic ring is 1. The number of fused-ring (bicyclic) bond motifs is 1. The predicted molar refractivity (Wildman–Crippen MR) is 63.6 cm³/mol. The number of aromatic nitrogens is 5. The number of hydrogen-bond donors (Lipinski definition) is 1. The molecule has 0 unspecified atom stereocenters. The van der Waals surface area contributed by atoms with Crippen LogP contribution in [0.5, 0.6) is 0 Å². The third-order valence-corrected chi connectivity index (χ3v) is 3.19. The fraction of sp³-hybridized carbons (Fsp3) is 0. The number of hydrogen-bond acceptors (Lipinski definition) is 6. The fourth-order valence-corrected chi connectivity index (χ4v) is 2.22. The Morgan fingerprint density at radius 1 is 1.18 bits per heavy atom. The van der Waals surface area contributed by atoms with E-state index in [1.807, 2.05) is 0 Å². The Kier molecular flexibility index (Phi) is 2.37. The molecule has 3 rings (SSSR count). The zero-order valence-electron chi connectivity index (χ0n) is 8.69. The molecule has 0 amide bonds. The first-order valence-corrected chi connectivity index (χ1v) is 5.69. The molecule has 0 aliphatic heterocycles. The van der Waals surface area contributed by atoms with Gasteiger partial charge in [-0.25, -0.2) is 9.97 Å². The fourth-order valence-electron chi connectivity index (χ4n) is 1.39. The summed E-state index contributed by atoms with van der Waals surface area (Å²) in [5.74, 6) is 0. The Labute approximate surface area is 101 Å². The van der Waals surface area contributed by atoms with Crippen LogP contribution in [0.1, 0.15) is 0 Å². The highest BCUT2D eigenvalue weighted by molar-refractivity contribution is 7.99. The third-order valence-electron chi connectivity index (χ3n) is 2.18. The second-order valence-corrected chi connectivity index (χ2v) is 4.27. The van der Waals surface area contributed by atoms with Gasteiger partial charge in [-0.15, -0.1) is 10.2 Å². The maximum atomic E-state index is 5.83. The standard InChI is InChI=1S/C10H8N6S/c11-7-2-1-3-12-9(7)17-10-8-15-14-6-16(8)5-4-13-10/h1-6H,11H2. The molecule has 0 spiro atoms. The largest absolute Gasteiger partial charge is 0.397 e. The summed E-state index contributed by atoms with van der Waals surface area (Å²) in [5, 5.41) is 9.29. The molecule has 84 valence electrons. The highest BCUT2D eigenvalue weighted by atomic mass is 32.2. The summed E-state index contributed by atoms with van der Waals surface area (Å²) in [6, 6.07) is 3.60. The van der Waals surface area contributed by atoms with Crippen molar-refractivity contribution in [2.75, 3.05) is 5.73 Å². The van der Waals surface area contributed by atoms with Crippen LogP contribution in [-0.4, -0.2) is 24.6 Å². The maximum Gasteiger partial charge on any atom is 0.193 e. The van der Waals surface area contributed by atoms with E-state index in [0.717, 1.165) is 10.1 Å². The molecule has 0 saturated carbocycles. The van der Waals surface area contributed by atoms with Crippen LogP contribution < -0.4 is 5.73 Å². The van der Waals surface area contributed by atoms with Gasteiger partial charge in [0, 0.05) is 18.6 Å². The van der Waals surface area contributed by atoms with Crippen molar-refractivity contribution in [3.8, 4) is 0 Å². The average Bonchev–Trinajstić information content (AvgIpc) is 2.81. The Morgan fingerprint density at radius 2 is 2.06 bits per heavy atom. The van der Waals surface area contributed by atoms with E-state index in [0.29, 0.717) is 11.3 Å². The second kappa shape index (κ2) is 4.02. The van der Waals surface area contributed by atoms with Gasteiger partial charge in [0.2, 0.25) is 0 Å². The first-order valence-electron chi connectivity index (χ1n) is 4.87. The molecule has 3 aromatic heterocycles. The molecule has 3 heterocycles. The summed E-state index contributed by atoms with van der Waals surface area (Å²) >= 11 is 1.38. The normalized spacial score (nSPS) is 10.8. The average molecular weight is 244 g/mol. The van der Waals surface area contributed by atoms with Crippen molar-refractivity contribution in [2.24, 2.45) is 0 Å². The van der Waals surface area contributed by atoms with Crippen LogP contribution in [0.25, 0.3) is 5.65 Å². The molecule has 0 bridgehead atoms. The first-order chi connectivity index (χ1) is 8.34. The lowest BCUT2D eigenvalue weighted by Gasteiger charge is -2.03. The second-order valence-electron chi connectivity index (χ2n) is 3.29. The third kappa shape index (κ3) is 1.80. The van der Waals surface area contributed by atoms with Gasteiger partial charge in [0.05, 0.1) is 5.69 Å². The minimum atomic E-state index is 0.626. The number of nitrogens with zero attached hydrogens (tertiary/aromatic N) is 5. The number of anilines is 1. The SMILES string of the molecule is Nc1cccnc1Sc1nccn2cnnc12. The lowest BCUT2D eigenvalue weighted by Crippen LogP contribution is -1.93. The van der Waals surface area contributed by atoms with Gasteiger partial charge in [-0.05, 0) is 23.9 Å². The maximum absolute atomic E-state index is 5.83. The van der Waals surface area contributed by atoms with Crippen molar-refractivity contribution in [2.45, 2.75) is 10.1 Å². The van der Waals surface area contributed by atoms with E-state index >= 15 is 0 Å². The molecule has 0 aliphatic rings. The molecule has 0 radical (unpaired) electrons. The molecule has 3 aromatic rings.